The number of ether oxygens (including phenoxy) is 1. The molecule has 0 aliphatic carbocycles. The van der Waals surface area contributed by atoms with Gasteiger partial charge in [-0.2, -0.15) is 4.31 Å². The Hall–Kier alpha value is -1.56. The zero-order valence-corrected chi connectivity index (χ0v) is 22.0. The number of thiophene rings is 1. The molecule has 2 unspecified atom stereocenters. The Morgan fingerprint density at radius 1 is 1.21 bits per heavy atom. The highest BCUT2D eigenvalue weighted by atomic mass is 35.5. The number of carbonyl (C=O) groups excluding carboxylic acids is 1. The van der Waals surface area contributed by atoms with Gasteiger partial charge in [0.2, 0.25) is 5.91 Å². The summed E-state index contributed by atoms with van der Waals surface area (Å²) in [5.74, 6) is -0.239. The van der Waals surface area contributed by atoms with E-state index in [0.29, 0.717) is 42.0 Å². The predicted molar refractivity (Wildman–Crippen MR) is 137 cm³/mol. The topological polar surface area (TPSA) is 79.8 Å². The minimum Gasteiger partial charge on any atom is -0.376 e. The maximum Gasteiger partial charge on any atom is 0.253 e. The summed E-state index contributed by atoms with van der Waals surface area (Å²) in [7, 11) is -3.84. The highest BCUT2D eigenvalue weighted by Crippen LogP contribution is 2.35. The molecule has 1 aromatic carbocycles. The number of fused-ring (bicyclic) bond motifs is 1. The van der Waals surface area contributed by atoms with Crippen molar-refractivity contribution in [2.75, 3.05) is 24.6 Å². The third kappa shape index (κ3) is 4.76. The number of aromatic nitrogens is 1. The van der Waals surface area contributed by atoms with Gasteiger partial charge in [0.1, 0.15) is 10.3 Å². The van der Waals surface area contributed by atoms with Gasteiger partial charge in [0.05, 0.1) is 27.2 Å². The van der Waals surface area contributed by atoms with Gasteiger partial charge < -0.3 is 4.74 Å². The number of halogens is 1. The first-order valence-corrected chi connectivity index (χ1v) is 14.9. The first-order valence-electron chi connectivity index (χ1n) is 11.4. The second-order valence-corrected chi connectivity index (χ2v) is 13.6. The van der Waals surface area contributed by atoms with Gasteiger partial charge in [0, 0.05) is 13.2 Å². The van der Waals surface area contributed by atoms with Crippen molar-refractivity contribution >= 4 is 65.6 Å². The van der Waals surface area contributed by atoms with E-state index in [4.69, 9.17) is 21.3 Å². The van der Waals surface area contributed by atoms with Crippen LogP contribution in [0, 0.1) is 6.92 Å². The van der Waals surface area contributed by atoms with E-state index < -0.39 is 16.1 Å². The number of aryl methyl sites for hydroxylation is 1. The molecule has 2 aliphatic rings. The highest BCUT2D eigenvalue weighted by molar-refractivity contribution is 7.91. The molecule has 0 spiro atoms. The number of sulfonamides is 1. The molecule has 0 radical (unpaired) electrons. The van der Waals surface area contributed by atoms with Crippen molar-refractivity contribution in [1.29, 1.82) is 0 Å². The van der Waals surface area contributed by atoms with E-state index >= 15 is 0 Å². The normalized spacial score (nSPS) is 21.8. The lowest BCUT2D eigenvalue weighted by Gasteiger charge is -2.36. The van der Waals surface area contributed by atoms with Crippen LogP contribution < -0.4 is 4.90 Å². The summed E-state index contributed by atoms with van der Waals surface area (Å²) in [6.45, 7) is 3.37. The van der Waals surface area contributed by atoms with E-state index in [2.05, 4.69) is 6.07 Å². The number of amides is 1. The summed E-state index contributed by atoms with van der Waals surface area (Å²) >= 11 is 8.50. The molecule has 3 aromatic rings. The summed E-state index contributed by atoms with van der Waals surface area (Å²) < 4.78 is 35.7. The molecule has 2 aromatic heterocycles. The molecular weight excluding hydrogens is 514 g/mol. The van der Waals surface area contributed by atoms with E-state index in [1.54, 1.807) is 11.0 Å². The maximum atomic E-state index is 14.0. The predicted octanol–water partition coefficient (Wildman–Crippen LogP) is 5.08. The fourth-order valence-electron chi connectivity index (χ4n) is 4.56. The molecule has 0 N–H and O–H groups in total. The van der Waals surface area contributed by atoms with Crippen LogP contribution in [0.5, 0.6) is 0 Å². The molecule has 182 valence electrons. The molecule has 2 saturated heterocycles. The van der Waals surface area contributed by atoms with Crippen molar-refractivity contribution in [3.63, 3.8) is 0 Å². The lowest BCUT2D eigenvalue weighted by atomic mass is 10.0. The molecule has 34 heavy (non-hydrogen) atoms. The second-order valence-electron chi connectivity index (χ2n) is 8.74. The van der Waals surface area contributed by atoms with Crippen molar-refractivity contribution in [3.05, 3.63) is 40.2 Å². The van der Waals surface area contributed by atoms with Gasteiger partial charge in [-0.05, 0) is 62.4 Å². The number of thiazole rings is 1. The number of hydrogen-bond acceptors (Lipinski definition) is 7. The van der Waals surface area contributed by atoms with Crippen LogP contribution in [0.1, 0.15) is 37.7 Å². The average molecular weight is 540 g/mol. The average Bonchev–Trinajstić information content (AvgIpc) is 3.58. The SMILES string of the molecule is Cc1ccc2nc(N(CC3CCCO3)C(=O)C3CCCCN3S(=O)(=O)c3ccc(Cl)s3)sc2c1. The number of carbonyl (C=O) groups is 1. The van der Waals surface area contributed by atoms with Gasteiger partial charge in [-0.3, -0.25) is 9.69 Å². The Bertz CT molecular complexity index is 1300. The van der Waals surface area contributed by atoms with Crippen molar-refractivity contribution in [2.45, 2.75) is 55.4 Å². The molecular formula is C23H26ClN3O4S3. The highest BCUT2D eigenvalue weighted by Gasteiger charge is 2.41. The summed E-state index contributed by atoms with van der Waals surface area (Å²) in [5, 5.41) is 0.586. The van der Waals surface area contributed by atoms with Crippen molar-refractivity contribution in [1.82, 2.24) is 9.29 Å². The van der Waals surface area contributed by atoms with E-state index in [1.807, 2.05) is 19.1 Å². The quantitative estimate of drug-likeness (QED) is 0.436. The number of rotatable bonds is 6. The molecule has 4 heterocycles. The van der Waals surface area contributed by atoms with E-state index in [-0.39, 0.29) is 16.2 Å². The monoisotopic (exact) mass is 539 g/mol. The number of piperidine rings is 1. The van der Waals surface area contributed by atoms with Crippen molar-refractivity contribution < 1.29 is 17.9 Å². The maximum absolute atomic E-state index is 14.0. The number of benzene rings is 1. The number of nitrogens with zero attached hydrogens (tertiary/aromatic N) is 3. The zero-order chi connectivity index (χ0) is 23.9. The molecule has 2 aliphatic heterocycles. The van der Waals surface area contributed by atoms with Crippen LogP contribution in [0.4, 0.5) is 5.13 Å². The molecule has 5 rings (SSSR count). The summed E-state index contributed by atoms with van der Waals surface area (Å²) in [6, 6.07) is 8.32. The Morgan fingerprint density at radius 3 is 2.79 bits per heavy atom. The Kier molecular flexibility index (Phi) is 6.98. The molecule has 2 fully saturated rings. The number of hydrogen-bond donors (Lipinski definition) is 0. The summed E-state index contributed by atoms with van der Waals surface area (Å²) in [5.41, 5.74) is 1.95. The van der Waals surface area contributed by atoms with Crippen LogP contribution in [-0.2, 0) is 19.6 Å². The first-order chi connectivity index (χ1) is 16.3. The fraction of sp³-hybridized carbons (Fsp3) is 0.478. The zero-order valence-electron chi connectivity index (χ0n) is 18.8. The van der Waals surface area contributed by atoms with Crippen molar-refractivity contribution in [3.8, 4) is 0 Å². The van der Waals surface area contributed by atoms with Crippen LogP contribution >= 0.6 is 34.3 Å². The lowest BCUT2D eigenvalue weighted by molar-refractivity contribution is -0.123. The first kappa shape index (κ1) is 24.1. The van der Waals surface area contributed by atoms with Gasteiger partial charge in [-0.1, -0.05) is 35.4 Å². The summed E-state index contributed by atoms with van der Waals surface area (Å²) in [6.07, 6.45) is 3.73. The van der Waals surface area contributed by atoms with E-state index in [1.165, 1.54) is 21.7 Å². The Balaban J connectivity index is 1.50. The van der Waals surface area contributed by atoms with Gasteiger partial charge >= 0.3 is 0 Å². The Labute approximate surface area is 212 Å². The Morgan fingerprint density at radius 2 is 2.06 bits per heavy atom. The smallest absolute Gasteiger partial charge is 0.253 e. The van der Waals surface area contributed by atoms with Crippen LogP contribution in [0.25, 0.3) is 10.2 Å². The van der Waals surface area contributed by atoms with Gasteiger partial charge in [-0.15, -0.1) is 11.3 Å². The molecule has 7 nitrogen and oxygen atoms in total. The van der Waals surface area contributed by atoms with Crippen LogP contribution in [0.15, 0.2) is 34.5 Å². The second kappa shape index (κ2) is 9.83. The molecule has 0 saturated carbocycles. The van der Waals surface area contributed by atoms with Crippen LogP contribution in [-0.4, -0.2) is 55.5 Å². The largest absolute Gasteiger partial charge is 0.376 e. The minimum absolute atomic E-state index is 0.0811. The van der Waals surface area contributed by atoms with Gasteiger partial charge in [-0.25, -0.2) is 13.4 Å². The van der Waals surface area contributed by atoms with E-state index in [0.717, 1.165) is 46.4 Å². The van der Waals surface area contributed by atoms with Gasteiger partial charge in [0.25, 0.3) is 10.0 Å². The minimum atomic E-state index is -3.84. The standard InChI is InChI=1S/C23H26ClN3O4S3/c1-15-7-8-17-19(13-15)32-23(25-17)26(14-16-5-4-12-31-16)22(28)18-6-2-3-11-27(18)34(29,30)21-10-9-20(24)33-21/h7-10,13,16,18H,2-6,11-12,14H2,1H3. The van der Waals surface area contributed by atoms with Gasteiger partial charge in [0.15, 0.2) is 5.13 Å². The van der Waals surface area contributed by atoms with Crippen LogP contribution in [0.3, 0.4) is 0 Å². The fourth-order valence-corrected chi connectivity index (χ4v) is 8.90. The molecule has 0 bridgehead atoms. The van der Waals surface area contributed by atoms with Crippen LogP contribution in [0.2, 0.25) is 4.34 Å². The third-order valence-electron chi connectivity index (χ3n) is 6.29. The lowest BCUT2D eigenvalue weighted by Crippen LogP contribution is -2.54. The van der Waals surface area contributed by atoms with E-state index in [9.17, 15) is 13.2 Å². The molecule has 1 amide bonds. The third-order valence-corrected chi connectivity index (χ3v) is 10.9. The van der Waals surface area contributed by atoms with Crippen molar-refractivity contribution in [2.24, 2.45) is 0 Å². The molecule has 11 heteroatoms. The number of anilines is 1. The molecule has 2 atom stereocenters. The summed E-state index contributed by atoms with van der Waals surface area (Å²) in [4.78, 5) is 20.4.